The van der Waals surface area contributed by atoms with Gasteiger partial charge in [0.25, 0.3) is 0 Å². The zero-order valence-corrected chi connectivity index (χ0v) is 16.0. The van der Waals surface area contributed by atoms with E-state index in [1.54, 1.807) is 30.3 Å². The van der Waals surface area contributed by atoms with E-state index in [1.165, 1.54) is 5.56 Å². The van der Waals surface area contributed by atoms with Crippen LogP contribution in [0.2, 0.25) is 0 Å². The van der Waals surface area contributed by atoms with Crippen molar-refractivity contribution in [2.75, 3.05) is 6.61 Å². The molecule has 146 valence electrons. The lowest BCUT2D eigenvalue weighted by atomic mass is 10.1. The Morgan fingerprint density at radius 1 is 0.897 bits per heavy atom. The van der Waals surface area contributed by atoms with Gasteiger partial charge in [-0.2, -0.15) is 0 Å². The van der Waals surface area contributed by atoms with Gasteiger partial charge in [0.15, 0.2) is 0 Å². The molecule has 0 unspecified atom stereocenters. The molecule has 5 heteroatoms. The average Bonchev–Trinajstić information content (AvgIpc) is 2.72. The molecule has 0 fully saturated rings. The Kier molecular flexibility index (Phi) is 5.29. The molecule has 0 N–H and O–H groups in total. The smallest absolute Gasteiger partial charge is 0.344 e. The minimum Gasteiger partial charge on any atom is -0.494 e. The Balaban J connectivity index is 1.38. The van der Waals surface area contributed by atoms with Crippen molar-refractivity contribution in [2.24, 2.45) is 0 Å². The van der Waals surface area contributed by atoms with Crippen molar-refractivity contribution in [3.05, 3.63) is 82.7 Å². The van der Waals surface area contributed by atoms with E-state index in [1.807, 2.05) is 43.3 Å². The van der Waals surface area contributed by atoms with Gasteiger partial charge >= 0.3 is 11.6 Å². The maximum absolute atomic E-state index is 12.1. The fourth-order valence-electron chi connectivity index (χ4n) is 3.15. The topological polar surface area (TPSA) is 65.7 Å². The second kappa shape index (κ2) is 8.19. The number of aryl methyl sites for hydroxylation is 1. The van der Waals surface area contributed by atoms with Crippen molar-refractivity contribution in [2.45, 2.75) is 19.8 Å². The average molecular weight is 388 g/mol. The third kappa shape index (κ3) is 4.29. The summed E-state index contributed by atoms with van der Waals surface area (Å²) in [5, 5.41) is 2.13. The van der Waals surface area contributed by atoms with Crippen LogP contribution in [-0.2, 0) is 4.79 Å². The van der Waals surface area contributed by atoms with Gasteiger partial charge in [0.1, 0.15) is 17.1 Å². The number of carbonyl (C=O) groups excluding carboxylic acids is 1. The van der Waals surface area contributed by atoms with Crippen LogP contribution in [0.25, 0.3) is 21.7 Å². The number of hydrogen-bond acceptors (Lipinski definition) is 5. The fraction of sp³-hybridized carbons (Fsp3) is 0.167. The normalized spacial score (nSPS) is 10.9. The van der Waals surface area contributed by atoms with Gasteiger partial charge in [-0.1, -0.05) is 35.9 Å². The number of rotatable bonds is 6. The van der Waals surface area contributed by atoms with Crippen molar-refractivity contribution in [1.29, 1.82) is 0 Å². The van der Waals surface area contributed by atoms with E-state index in [-0.39, 0.29) is 12.4 Å². The number of carbonyl (C=O) groups is 1. The van der Waals surface area contributed by atoms with Gasteiger partial charge in [-0.3, -0.25) is 4.79 Å². The highest BCUT2D eigenvalue weighted by atomic mass is 16.5. The maximum atomic E-state index is 12.1. The van der Waals surface area contributed by atoms with Gasteiger partial charge in [-0.25, -0.2) is 4.79 Å². The highest BCUT2D eigenvalue weighted by Gasteiger charge is 2.10. The van der Waals surface area contributed by atoms with Crippen molar-refractivity contribution >= 4 is 27.7 Å². The highest BCUT2D eigenvalue weighted by molar-refractivity contribution is 6.04. The summed E-state index contributed by atoms with van der Waals surface area (Å²) in [6, 6.07) is 20.1. The molecule has 0 spiro atoms. The lowest BCUT2D eigenvalue weighted by molar-refractivity contribution is -0.134. The molecule has 4 aromatic rings. The fourth-order valence-corrected chi connectivity index (χ4v) is 3.15. The molecule has 1 aromatic heterocycles. The van der Waals surface area contributed by atoms with E-state index in [4.69, 9.17) is 13.9 Å². The quantitative estimate of drug-likeness (QED) is 0.153. The maximum Gasteiger partial charge on any atom is 0.344 e. The van der Waals surface area contributed by atoms with Crippen LogP contribution >= 0.6 is 0 Å². The largest absolute Gasteiger partial charge is 0.494 e. The Morgan fingerprint density at radius 3 is 2.41 bits per heavy atom. The number of hydrogen-bond donors (Lipinski definition) is 0. The molecule has 5 nitrogen and oxygen atoms in total. The van der Waals surface area contributed by atoms with Gasteiger partial charge in [-0.05, 0) is 49.1 Å². The van der Waals surface area contributed by atoms with Crippen molar-refractivity contribution in [3.8, 4) is 11.5 Å². The van der Waals surface area contributed by atoms with Crippen LogP contribution < -0.4 is 15.1 Å². The molecule has 0 atom stereocenters. The van der Waals surface area contributed by atoms with E-state index in [0.717, 1.165) is 16.5 Å². The van der Waals surface area contributed by atoms with E-state index < -0.39 is 5.63 Å². The van der Waals surface area contributed by atoms with Gasteiger partial charge < -0.3 is 13.9 Å². The number of esters is 1. The van der Waals surface area contributed by atoms with Gasteiger partial charge in [0.05, 0.1) is 12.0 Å². The van der Waals surface area contributed by atoms with Gasteiger partial charge in [-0.15, -0.1) is 0 Å². The first kappa shape index (κ1) is 18.7. The molecule has 1 heterocycles. The summed E-state index contributed by atoms with van der Waals surface area (Å²) >= 11 is 0. The summed E-state index contributed by atoms with van der Waals surface area (Å²) in [6.45, 7) is 2.44. The summed E-state index contributed by atoms with van der Waals surface area (Å²) < 4.78 is 16.4. The second-order valence-corrected chi connectivity index (χ2v) is 6.83. The molecule has 0 aliphatic carbocycles. The molecular weight excluding hydrogens is 368 g/mol. The zero-order valence-electron chi connectivity index (χ0n) is 16.0. The first-order valence-electron chi connectivity index (χ1n) is 9.46. The Bertz CT molecular complexity index is 1220. The molecule has 4 rings (SSSR count). The van der Waals surface area contributed by atoms with Crippen molar-refractivity contribution in [1.82, 2.24) is 0 Å². The van der Waals surface area contributed by atoms with E-state index in [2.05, 4.69) is 0 Å². The van der Waals surface area contributed by atoms with E-state index in [9.17, 15) is 9.59 Å². The molecular formula is C24H20O5. The van der Waals surface area contributed by atoms with Crippen LogP contribution in [-0.4, -0.2) is 12.6 Å². The second-order valence-electron chi connectivity index (χ2n) is 6.83. The number of benzene rings is 3. The summed E-state index contributed by atoms with van der Waals surface area (Å²) in [4.78, 5) is 24.3. The number of fused-ring (bicyclic) bond motifs is 3. The summed E-state index contributed by atoms with van der Waals surface area (Å²) in [5.74, 6) is 0.765. The standard InChI is InChI=1S/C24H20O5/c1-16-8-10-17(11-9-16)27-14-4-7-23(25)28-18-12-13-20-19-5-2-3-6-21(19)24(26)29-22(20)15-18/h2-3,5-6,8-13,15H,4,7,14H2,1H3. The molecule has 3 aromatic carbocycles. The minimum absolute atomic E-state index is 0.228. The van der Waals surface area contributed by atoms with Crippen LogP contribution in [0.15, 0.2) is 75.9 Å². The van der Waals surface area contributed by atoms with Gasteiger partial charge in [0, 0.05) is 17.9 Å². The Hall–Kier alpha value is -3.60. The molecule has 0 saturated carbocycles. The van der Waals surface area contributed by atoms with Crippen LogP contribution in [0.1, 0.15) is 18.4 Å². The minimum atomic E-state index is -0.412. The monoisotopic (exact) mass is 388 g/mol. The summed E-state index contributed by atoms with van der Waals surface area (Å²) in [6.07, 6.45) is 0.769. The van der Waals surface area contributed by atoms with Crippen LogP contribution in [0.3, 0.4) is 0 Å². The predicted octanol–water partition coefficient (Wildman–Crippen LogP) is 5.02. The van der Waals surface area contributed by atoms with Crippen LogP contribution in [0, 0.1) is 6.92 Å². The molecule has 0 bridgehead atoms. The Morgan fingerprint density at radius 2 is 1.62 bits per heavy atom. The first-order valence-corrected chi connectivity index (χ1v) is 9.46. The first-order chi connectivity index (χ1) is 14.1. The predicted molar refractivity (Wildman–Crippen MR) is 112 cm³/mol. The SMILES string of the molecule is Cc1ccc(OCCCC(=O)Oc2ccc3c(c2)oc(=O)c2ccccc23)cc1. The van der Waals surface area contributed by atoms with E-state index >= 15 is 0 Å². The molecule has 0 radical (unpaired) electrons. The third-order valence-electron chi connectivity index (χ3n) is 4.64. The van der Waals surface area contributed by atoms with Crippen molar-refractivity contribution in [3.63, 3.8) is 0 Å². The lowest BCUT2D eigenvalue weighted by Crippen LogP contribution is -2.10. The summed E-state index contributed by atoms with van der Waals surface area (Å²) in [7, 11) is 0. The third-order valence-corrected chi connectivity index (χ3v) is 4.64. The molecule has 0 saturated heterocycles. The molecule has 0 aliphatic rings. The molecule has 0 amide bonds. The lowest BCUT2D eigenvalue weighted by Gasteiger charge is -2.08. The molecule has 0 aliphatic heterocycles. The van der Waals surface area contributed by atoms with Crippen molar-refractivity contribution < 1.29 is 18.7 Å². The molecule has 29 heavy (non-hydrogen) atoms. The summed E-state index contributed by atoms with van der Waals surface area (Å²) in [5.41, 5.74) is 1.15. The van der Waals surface area contributed by atoms with Gasteiger partial charge in [0.2, 0.25) is 0 Å². The highest BCUT2D eigenvalue weighted by Crippen LogP contribution is 2.26. The number of ether oxygens (including phenoxy) is 2. The van der Waals surface area contributed by atoms with Crippen LogP contribution in [0.5, 0.6) is 11.5 Å². The Labute approximate surface area is 167 Å². The zero-order chi connectivity index (χ0) is 20.2. The van der Waals surface area contributed by atoms with E-state index in [0.29, 0.717) is 29.7 Å². The van der Waals surface area contributed by atoms with Crippen LogP contribution in [0.4, 0.5) is 0 Å².